The van der Waals surface area contributed by atoms with Crippen molar-refractivity contribution in [1.29, 1.82) is 0 Å². The molecule has 2 rings (SSSR count). The molecule has 0 aromatic heterocycles. The molecule has 1 aliphatic rings. The second-order valence-electron chi connectivity index (χ2n) is 6.80. The topological polar surface area (TPSA) is 42.9 Å². The summed E-state index contributed by atoms with van der Waals surface area (Å²) >= 11 is 3.29. The highest BCUT2D eigenvalue weighted by atomic mass is 127. The van der Waals surface area contributed by atoms with Gasteiger partial charge in [-0.1, -0.05) is 28.9 Å². The number of nitrogens with one attached hydrogen (secondary N) is 2. The summed E-state index contributed by atoms with van der Waals surface area (Å²) in [4.78, 5) is 9.61. The predicted molar refractivity (Wildman–Crippen MR) is 130 cm³/mol. The van der Waals surface area contributed by atoms with Crippen molar-refractivity contribution in [2.75, 3.05) is 58.9 Å². The fraction of sp³-hybridized carbons (Fsp3) is 0.650. The van der Waals surface area contributed by atoms with E-state index in [9.17, 15) is 4.39 Å². The molecule has 2 N–H and O–H groups in total. The Morgan fingerprint density at radius 3 is 2.50 bits per heavy atom. The molecule has 1 aromatic rings. The first-order valence-corrected chi connectivity index (χ1v) is 10.8. The number of piperazine rings is 1. The van der Waals surface area contributed by atoms with Crippen molar-refractivity contribution >= 4 is 45.9 Å². The van der Waals surface area contributed by atoms with Gasteiger partial charge in [-0.3, -0.25) is 9.89 Å². The molecule has 0 aliphatic carbocycles. The Hall–Kier alpha value is -0.450. The average Bonchev–Trinajstić information content (AvgIpc) is 2.67. The number of nitrogens with zero attached hydrogens (tertiary/aromatic N) is 3. The van der Waals surface area contributed by atoms with Crippen LogP contribution >= 0.6 is 39.9 Å². The first-order chi connectivity index (χ1) is 13.1. The summed E-state index contributed by atoms with van der Waals surface area (Å²) in [5, 5.41) is 6.70. The van der Waals surface area contributed by atoms with E-state index >= 15 is 0 Å². The molecule has 1 saturated heterocycles. The molecule has 0 spiro atoms. The van der Waals surface area contributed by atoms with Gasteiger partial charge in [0, 0.05) is 56.8 Å². The maximum absolute atomic E-state index is 13.8. The van der Waals surface area contributed by atoms with Crippen molar-refractivity contribution in [2.24, 2.45) is 4.99 Å². The van der Waals surface area contributed by atoms with Gasteiger partial charge < -0.3 is 15.5 Å². The quantitative estimate of drug-likeness (QED) is 0.207. The summed E-state index contributed by atoms with van der Waals surface area (Å²) in [5.41, 5.74) is 0.748. The molecule has 1 heterocycles. The number of guanidine groups is 1. The maximum atomic E-state index is 13.8. The standard InChI is InChI=1S/C20H33BrFN5.HI/c1-3-23-20(25-10-11-27-14-12-26(4-2)13-15-27)24-9-5-6-17-7-8-18(21)16-19(17)22;/h7-8,16H,3-6,9-15H2,1-2H3,(H2,23,24,25);1H. The third kappa shape index (κ3) is 9.37. The Balaban J connectivity index is 0.00000392. The van der Waals surface area contributed by atoms with Gasteiger partial charge in [0.05, 0.1) is 0 Å². The van der Waals surface area contributed by atoms with Gasteiger partial charge >= 0.3 is 0 Å². The Morgan fingerprint density at radius 1 is 1.14 bits per heavy atom. The Bertz CT molecular complexity index is 594. The summed E-state index contributed by atoms with van der Waals surface area (Å²) in [6.07, 6.45) is 1.53. The normalized spacial score (nSPS) is 15.9. The van der Waals surface area contributed by atoms with Crippen LogP contribution in [0.15, 0.2) is 27.7 Å². The average molecular weight is 570 g/mol. The van der Waals surface area contributed by atoms with Crippen molar-refractivity contribution in [2.45, 2.75) is 26.7 Å². The molecule has 0 radical (unpaired) electrons. The van der Waals surface area contributed by atoms with E-state index in [0.29, 0.717) is 13.0 Å². The van der Waals surface area contributed by atoms with Crippen LogP contribution in [-0.4, -0.2) is 74.7 Å². The number of halogens is 3. The van der Waals surface area contributed by atoms with Crippen molar-refractivity contribution in [1.82, 2.24) is 20.4 Å². The van der Waals surface area contributed by atoms with Crippen LogP contribution in [0.1, 0.15) is 25.8 Å². The Morgan fingerprint density at radius 2 is 1.86 bits per heavy atom. The van der Waals surface area contributed by atoms with Gasteiger partial charge in [0.2, 0.25) is 0 Å². The van der Waals surface area contributed by atoms with E-state index in [4.69, 9.17) is 0 Å². The lowest BCUT2D eigenvalue weighted by Gasteiger charge is -2.34. The van der Waals surface area contributed by atoms with Crippen LogP contribution in [0, 0.1) is 5.82 Å². The second kappa shape index (κ2) is 14.5. The maximum Gasteiger partial charge on any atom is 0.191 e. The van der Waals surface area contributed by atoms with Crippen molar-refractivity contribution in [3.8, 4) is 0 Å². The summed E-state index contributed by atoms with van der Waals surface area (Å²) < 4.78 is 14.6. The lowest BCUT2D eigenvalue weighted by molar-refractivity contribution is 0.139. The summed E-state index contributed by atoms with van der Waals surface area (Å²) in [6, 6.07) is 5.24. The molecule has 5 nitrogen and oxygen atoms in total. The Labute approximate surface area is 194 Å². The largest absolute Gasteiger partial charge is 0.357 e. The van der Waals surface area contributed by atoms with Crippen LogP contribution in [0.25, 0.3) is 0 Å². The third-order valence-electron chi connectivity index (χ3n) is 4.87. The number of likely N-dealkylation sites (N-methyl/N-ethyl adjacent to an activating group) is 1. The third-order valence-corrected chi connectivity index (χ3v) is 5.36. The molecule has 0 atom stereocenters. The van der Waals surface area contributed by atoms with Crippen molar-refractivity contribution < 1.29 is 4.39 Å². The molecule has 0 unspecified atom stereocenters. The van der Waals surface area contributed by atoms with Crippen LogP contribution in [0.4, 0.5) is 4.39 Å². The molecule has 0 saturated carbocycles. The number of hydrogen-bond acceptors (Lipinski definition) is 3. The monoisotopic (exact) mass is 569 g/mol. The predicted octanol–water partition coefficient (Wildman–Crippen LogP) is 3.33. The molecule has 1 aliphatic heterocycles. The van der Waals surface area contributed by atoms with E-state index in [1.807, 2.05) is 12.1 Å². The van der Waals surface area contributed by atoms with Crippen molar-refractivity contribution in [3.63, 3.8) is 0 Å². The van der Waals surface area contributed by atoms with Gasteiger partial charge in [-0.05, 0) is 44.0 Å². The van der Waals surface area contributed by atoms with Crippen molar-refractivity contribution in [3.05, 3.63) is 34.1 Å². The highest BCUT2D eigenvalue weighted by molar-refractivity contribution is 14.0. The molecule has 0 bridgehead atoms. The molecule has 160 valence electrons. The van der Waals surface area contributed by atoms with E-state index in [1.165, 1.54) is 6.07 Å². The number of aryl methyl sites for hydroxylation is 1. The van der Waals surface area contributed by atoms with E-state index < -0.39 is 0 Å². The minimum absolute atomic E-state index is 0. The van der Waals surface area contributed by atoms with Crippen LogP contribution in [0.5, 0.6) is 0 Å². The Kier molecular flexibility index (Phi) is 13.3. The smallest absolute Gasteiger partial charge is 0.191 e. The van der Waals surface area contributed by atoms with Crippen LogP contribution in [0.2, 0.25) is 0 Å². The number of benzene rings is 1. The lowest BCUT2D eigenvalue weighted by Crippen LogP contribution is -2.49. The minimum Gasteiger partial charge on any atom is -0.357 e. The highest BCUT2D eigenvalue weighted by Gasteiger charge is 2.14. The van der Waals surface area contributed by atoms with Gasteiger partial charge in [-0.25, -0.2) is 4.39 Å². The molecule has 0 amide bonds. The highest BCUT2D eigenvalue weighted by Crippen LogP contribution is 2.16. The summed E-state index contributed by atoms with van der Waals surface area (Å²) in [5.74, 6) is 0.697. The number of aliphatic imine (C=N–C) groups is 1. The lowest BCUT2D eigenvalue weighted by atomic mass is 10.1. The zero-order chi connectivity index (χ0) is 19.5. The fourth-order valence-electron chi connectivity index (χ4n) is 3.19. The first-order valence-electron chi connectivity index (χ1n) is 10.0. The van der Waals surface area contributed by atoms with E-state index in [-0.39, 0.29) is 29.8 Å². The fourth-order valence-corrected chi connectivity index (χ4v) is 3.52. The van der Waals surface area contributed by atoms with Gasteiger partial charge in [-0.2, -0.15) is 0 Å². The van der Waals surface area contributed by atoms with E-state index in [0.717, 1.165) is 74.8 Å². The molecule has 1 aromatic carbocycles. The molecule has 8 heteroatoms. The number of hydrogen-bond donors (Lipinski definition) is 2. The SMILES string of the molecule is CCNC(=NCCCc1ccc(Br)cc1F)NCCN1CCN(CC)CC1.I. The van der Waals surface area contributed by atoms with Gasteiger partial charge in [0.1, 0.15) is 5.82 Å². The molecular weight excluding hydrogens is 536 g/mol. The van der Waals surface area contributed by atoms with Crippen LogP contribution in [0.3, 0.4) is 0 Å². The van der Waals surface area contributed by atoms with Gasteiger partial charge in [0.25, 0.3) is 0 Å². The molecular formula is C20H34BrFIN5. The van der Waals surface area contributed by atoms with Gasteiger partial charge in [-0.15, -0.1) is 24.0 Å². The first kappa shape index (κ1) is 25.6. The van der Waals surface area contributed by atoms with Crippen LogP contribution in [-0.2, 0) is 6.42 Å². The van der Waals surface area contributed by atoms with E-state index in [2.05, 4.69) is 55.2 Å². The van der Waals surface area contributed by atoms with E-state index in [1.54, 1.807) is 0 Å². The summed E-state index contributed by atoms with van der Waals surface area (Å²) in [7, 11) is 0. The second-order valence-corrected chi connectivity index (χ2v) is 7.72. The zero-order valence-corrected chi connectivity index (χ0v) is 20.9. The molecule has 1 fully saturated rings. The molecule has 28 heavy (non-hydrogen) atoms. The minimum atomic E-state index is -0.151. The number of rotatable bonds is 9. The summed E-state index contributed by atoms with van der Waals surface area (Å²) in [6.45, 7) is 13.5. The van der Waals surface area contributed by atoms with Crippen LogP contribution < -0.4 is 10.6 Å². The van der Waals surface area contributed by atoms with Gasteiger partial charge in [0.15, 0.2) is 5.96 Å². The zero-order valence-electron chi connectivity index (χ0n) is 17.0.